The van der Waals surface area contributed by atoms with E-state index in [1.54, 1.807) is 4.68 Å². The molecular formula is C20H14BrClN4OS. The van der Waals surface area contributed by atoms with Crippen LogP contribution in [0, 0.1) is 6.92 Å². The van der Waals surface area contributed by atoms with Crippen molar-refractivity contribution in [2.45, 2.75) is 19.3 Å². The summed E-state index contributed by atoms with van der Waals surface area (Å²) >= 11 is 11.5. The van der Waals surface area contributed by atoms with Crippen molar-refractivity contribution < 1.29 is 4.79 Å². The fourth-order valence-electron chi connectivity index (χ4n) is 3.69. The number of anilines is 1. The van der Waals surface area contributed by atoms with Crippen molar-refractivity contribution in [1.82, 2.24) is 14.8 Å². The maximum atomic E-state index is 12.5. The summed E-state index contributed by atoms with van der Waals surface area (Å²) in [6, 6.07) is 13.6. The van der Waals surface area contributed by atoms with Gasteiger partial charge in [-0.05, 0) is 36.8 Å². The van der Waals surface area contributed by atoms with E-state index in [4.69, 9.17) is 21.7 Å². The monoisotopic (exact) mass is 472 g/mol. The summed E-state index contributed by atoms with van der Waals surface area (Å²) in [7, 11) is 0. The van der Waals surface area contributed by atoms with Gasteiger partial charge < -0.3 is 5.32 Å². The molecule has 4 aromatic rings. The molecule has 0 saturated heterocycles. The zero-order valence-corrected chi connectivity index (χ0v) is 17.9. The van der Waals surface area contributed by atoms with Crippen LogP contribution < -0.4 is 5.32 Å². The Morgan fingerprint density at radius 3 is 2.93 bits per heavy atom. The highest BCUT2D eigenvalue weighted by atomic mass is 79.9. The van der Waals surface area contributed by atoms with Crippen LogP contribution in [0.25, 0.3) is 15.3 Å². The van der Waals surface area contributed by atoms with Crippen molar-refractivity contribution in [3.05, 3.63) is 68.8 Å². The van der Waals surface area contributed by atoms with Crippen molar-refractivity contribution in [3.8, 4) is 5.13 Å². The van der Waals surface area contributed by atoms with Crippen LogP contribution in [0.4, 0.5) is 5.82 Å². The molecule has 140 valence electrons. The Kier molecular flexibility index (Phi) is 4.26. The summed E-state index contributed by atoms with van der Waals surface area (Å²) in [6.45, 7) is 1.96. The topological polar surface area (TPSA) is 59.8 Å². The van der Waals surface area contributed by atoms with Gasteiger partial charge in [-0.2, -0.15) is 9.78 Å². The van der Waals surface area contributed by atoms with Crippen LogP contribution in [0.3, 0.4) is 0 Å². The lowest BCUT2D eigenvalue weighted by molar-refractivity contribution is -0.116. The molecule has 2 aromatic heterocycles. The first kappa shape index (κ1) is 17.8. The number of benzene rings is 2. The van der Waals surface area contributed by atoms with E-state index in [1.807, 2.05) is 49.4 Å². The lowest BCUT2D eigenvalue weighted by Crippen LogP contribution is -2.25. The quantitative estimate of drug-likeness (QED) is 0.407. The maximum absolute atomic E-state index is 12.5. The fourth-order valence-corrected chi connectivity index (χ4v) is 5.43. The van der Waals surface area contributed by atoms with E-state index in [0.29, 0.717) is 17.3 Å². The van der Waals surface area contributed by atoms with Crippen LogP contribution >= 0.6 is 38.9 Å². The molecule has 1 aliphatic heterocycles. The number of carbonyl (C=O) groups excluding carboxylic acids is 1. The zero-order chi connectivity index (χ0) is 19.4. The number of thiazole rings is 1. The summed E-state index contributed by atoms with van der Waals surface area (Å²) in [5.41, 5.74) is 3.69. The molecule has 1 amide bonds. The van der Waals surface area contributed by atoms with Gasteiger partial charge >= 0.3 is 0 Å². The van der Waals surface area contributed by atoms with Gasteiger partial charge in [-0.1, -0.05) is 57.1 Å². The number of nitrogens with one attached hydrogen (secondary N) is 1. The number of nitrogens with zero attached hydrogens (tertiary/aromatic N) is 3. The lowest BCUT2D eigenvalue weighted by Gasteiger charge is -2.24. The van der Waals surface area contributed by atoms with Crippen LogP contribution in [0.5, 0.6) is 0 Å². The minimum Gasteiger partial charge on any atom is -0.310 e. The van der Waals surface area contributed by atoms with Gasteiger partial charge in [-0.15, -0.1) is 0 Å². The third-order valence-electron chi connectivity index (χ3n) is 4.90. The molecule has 1 atom stereocenters. The van der Waals surface area contributed by atoms with Gasteiger partial charge in [-0.3, -0.25) is 4.79 Å². The Labute approximate surface area is 178 Å². The lowest BCUT2D eigenvalue weighted by atomic mass is 9.86. The van der Waals surface area contributed by atoms with Crippen LogP contribution in [-0.2, 0) is 4.79 Å². The van der Waals surface area contributed by atoms with E-state index in [9.17, 15) is 4.79 Å². The van der Waals surface area contributed by atoms with Crippen molar-refractivity contribution in [2.24, 2.45) is 0 Å². The largest absolute Gasteiger partial charge is 0.310 e. The molecule has 28 heavy (non-hydrogen) atoms. The number of fused-ring (bicyclic) bond motifs is 2. The summed E-state index contributed by atoms with van der Waals surface area (Å²) in [5, 5.41) is 9.09. The molecule has 0 saturated carbocycles. The predicted octanol–water partition coefficient (Wildman–Crippen LogP) is 5.68. The van der Waals surface area contributed by atoms with E-state index in [2.05, 4.69) is 21.2 Å². The highest BCUT2D eigenvalue weighted by Crippen LogP contribution is 2.43. The van der Waals surface area contributed by atoms with Gasteiger partial charge in [0.2, 0.25) is 11.0 Å². The standard InChI is InChI=1S/C20H14BrClN4OS/c1-10-18-13(12-4-2-3-5-14(12)22)9-17(27)24-19(18)26(25-10)20-23-15-7-6-11(21)8-16(15)28-20/h2-8,13H,9H2,1H3,(H,24,27)/t13-/m1/s1. The number of hydrogen-bond donors (Lipinski definition) is 1. The van der Waals surface area contributed by atoms with Gasteiger partial charge in [0.25, 0.3) is 0 Å². The normalized spacial score (nSPS) is 16.2. The second-order valence-electron chi connectivity index (χ2n) is 6.69. The molecule has 2 aromatic carbocycles. The first-order valence-electron chi connectivity index (χ1n) is 8.71. The molecular weight excluding hydrogens is 460 g/mol. The highest BCUT2D eigenvalue weighted by molar-refractivity contribution is 9.10. The molecule has 3 heterocycles. The molecule has 0 bridgehead atoms. The summed E-state index contributed by atoms with van der Waals surface area (Å²) in [5.74, 6) is 0.494. The first-order chi connectivity index (χ1) is 13.5. The Morgan fingerprint density at radius 2 is 2.11 bits per heavy atom. The molecule has 0 fully saturated rings. The smallest absolute Gasteiger partial charge is 0.226 e. The molecule has 5 rings (SSSR count). The Morgan fingerprint density at radius 1 is 1.29 bits per heavy atom. The maximum Gasteiger partial charge on any atom is 0.226 e. The van der Waals surface area contributed by atoms with Crippen LogP contribution in [0.1, 0.15) is 29.2 Å². The molecule has 0 radical (unpaired) electrons. The first-order valence-corrected chi connectivity index (χ1v) is 10.7. The average molecular weight is 474 g/mol. The minimum absolute atomic E-state index is 0.0533. The van der Waals surface area contributed by atoms with Gasteiger partial charge in [0.15, 0.2) is 0 Å². The predicted molar refractivity (Wildman–Crippen MR) is 116 cm³/mol. The molecule has 8 heteroatoms. The van der Waals surface area contributed by atoms with Crippen LogP contribution in [-0.4, -0.2) is 20.7 Å². The van der Waals surface area contributed by atoms with Gasteiger partial charge in [0.1, 0.15) is 5.82 Å². The number of aryl methyl sites for hydroxylation is 1. The number of aromatic nitrogens is 3. The number of rotatable bonds is 2. The molecule has 0 spiro atoms. The third kappa shape index (κ3) is 2.85. The molecule has 1 aliphatic rings. The summed E-state index contributed by atoms with van der Waals surface area (Å²) in [6.07, 6.45) is 0.343. The van der Waals surface area contributed by atoms with Crippen molar-refractivity contribution in [3.63, 3.8) is 0 Å². The van der Waals surface area contributed by atoms with E-state index in [0.717, 1.165) is 36.6 Å². The highest BCUT2D eigenvalue weighted by Gasteiger charge is 2.34. The Hall–Kier alpha value is -2.22. The number of carbonyl (C=O) groups is 1. The SMILES string of the molecule is Cc1nn(-c2nc3ccc(Br)cc3s2)c2c1[C@@H](c1ccccc1Cl)CC(=O)N2. The molecule has 0 aliphatic carbocycles. The van der Waals surface area contributed by atoms with Crippen molar-refractivity contribution in [1.29, 1.82) is 0 Å². The number of halogens is 2. The van der Waals surface area contributed by atoms with E-state index in [1.165, 1.54) is 11.3 Å². The molecule has 1 N–H and O–H groups in total. The van der Waals surface area contributed by atoms with Crippen molar-refractivity contribution >= 4 is 60.8 Å². The zero-order valence-electron chi connectivity index (χ0n) is 14.7. The molecule has 0 unspecified atom stereocenters. The minimum atomic E-state index is -0.130. The summed E-state index contributed by atoms with van der Waals surface area (Å²) in [4.78, 5) is 17.2. The number of hydrogen-bond acceptors (Lipinski definition) is 4. The second-order valence-corrected chi connectivity index (χ2v) is 9.03. The van der Waals surface area contributed by atoms with Crippen molar-refractivity contribution in [2.75, 3.05) is 5.32 Å². The third-order valence-corrected chi connectivity index (χ3v) is 6.73. The Balaban J connectivity index is 1.69. The second kappa shape index (κ2) is 6.69. The summed E-state index contributed by atoms with van der Waals surface area (Å²) < 4.78 is 3.79. The van der Waals surface area contributed by atoms with Crippen LogP contribution in [0.15, 0.2) is 46.9 Å². The Bertz CT molecular complexity index is 1250. The van der Waals surface area contributed by atoms with E-state index < -0.39 is 0 Å². The fraction of sp³-hybridized carbons (Fsp3) is 0.150. The van der Waals surface area contributed by atoms with Gasteiger partial charge in [0.05, 0.1) is 15.9 Å². The average Bonchev–Trinajstić information content (AvgIpc) is 3.22. The van der Waals surface area contributed by atoms with E-state index >= 15 is 0 Å². The molecule has 5 nitrogen and oxygen atoms in total. The van der Waals surface area contributed by atoms with E-state index in [-0.39, 0.29) is 11.8 Å². The van der Waals surface area contributed by atoms with Gasteiger partial charge in [0, 0.05) is 27.4 Å². The van der Waals surface area contributed by atoms with Crippen LogP contribution in [0.2, 0.25) is 5.02 Å². The van der Waals surface area contributed by atoms with Gasteiger partial charge in [-0.25, -0.2) is 4.98 Å². The number of amides is 1.